The van der Waals surface area contributed by atoms with E-state index in [9.17, 15) is 14.3 Å². The third kappa shape index (κ3) is 7.37. The first-order chi connectivity index (χ1) is 15.9. The monoisotopic (exact) mass is 476 g/mol. The summed E-state index contributed by atoms with van der Waals surface area (Å²) in [6.45, 7) is 9.69. The summed E-state index contributed by atoms with van der Waals surface area (Å²) in [6, 6.07) is 7.72. The molecule has 1 amide bonds. The van der Waals surface area contributed by atoms with Crippen LogP contribution in [0.25, 0.3) is 0 Å². The predicted octanol–water partition coefficient (Wildman–Crippen LogP) is 3.67. The number of rotatable bonds is 12. The lowest BCUT2D eigenvalue weighted by Crippen LogP contribution is -2.48. The molecule has 8 heteroatoms. The van der Waals surface area contributed by atoms with Crippen LogP contribution < -0.4 is 4.74 Å². The fourth-order valence-electron chi connectivity index (χ4n) is 3.90. The quantitative estimate of drug-likeness (QED) is 0.474. The number of halogens is 1. The maximum absolute atomic E-state index is 13.4. The largest absolute Gasteiger partial charge is 0.491 e. The van der Waals surface area contributed by atoms with E-state index in [-0.39, 0.29) is 43.6 Å². The van der Waals surface area contributed by atoms with Gasteiger partial charge in [0.25, 0.3) is 0 Å². The molecule has 1 aliphatic rings. The van der Waals surface area contributed by atoms with Crippen molar-refractivity contribution in [1.82, 2.24) is 9.80 Å². The molecule has 33 heavy (non-hydrogen) atoms. The maximum Gasteiger partial charge on any atom is 0.237 e. The Morgan fingerprint density at radius 2 is 2.12 bits per heavy atom. The number of benzene rings is 1. The SMILES string of the molecule is C=CCN(CC(=O)N1CCc2sccc2[C@H]1COc1ccc(F)cc1)C[C@@H](O)COC(C)C. The number of amides is 1. The smallest absolute Gasteiger partial charge is 0.237 e. The topological polar surface area (TPSA) is 62.2 Å². The van der Waals surface area contributed by atoms with Crippen LogP contribution in [0.2, 0.25) is 0 Å². The Labute approximate surface area is 199 Å². The number of fused-ring (bicyclic) bond motifs is 1. The minimum atomic E-state index is -0.692. The Morgan fingerprint density at radius 3 is 2.82 bits per heavy atom. The summed E-state index contributed by atoms with van der Waals surface area (Å²) in [6.07, 6.45) is 1.87. The highest BCUT2D eigenvalue weighted by atomic mass is 32.1. The average molecular weight is 477 g/mol. The second-order valence-corrected chi connectivity index (χ2v) is 9.44. The van der Waals surface area contributed by atoms with Gasteiger partial charge in [-0.2, -0.15) is 0 Å². The van der Waals surface area contributed by atoms with Crippen molar-refractivity contribution < 1.29 is 23.8 Å². The highest BCUT2D eigenvalue weighted by Crippen LogP contribution is 2.34. The number of thiophene rings is 1. The molecule has 1 aromatic carbocycles. The Balaban J connectivity index is 1.67. The minimum Gasteiger partial charge on any atom is -0.491 e. The molecule has 2 atom stereocenters. The first-order valence-corrected chi connectivity index (χ1v) is 12.1. The summed E-state index contributed by atoms with van der Waals surface area (Å²) in [5, 5.41) is 12.4. The summed E-state index contributed by atoms with van der Waals surface area (Å²) in [5.41, 5.74) is 1.10. The zero-order chi connectivity index (χ0) is 23.8. The van der Waals surface area contributed by atoms with Crippen LogP contribution in [0, 0.1) is 5.82 Å². The van der Waals surface area contributed by atoms with Crippen LogP contribution in [0.1, 0.15) is 30.3 Å². The van der Waals surface area contributed by atoms with Gasteiger partial charge in [-0.1, -0.05) is 6.08 Å². The summed E-state index contributed by atoms with van der Waals surface area (Å²) < 4.78 is 24.7. The van der Waals surface area contributed by atoms with Gasteiger partial charge in [0.2, 0.25) is 5.91 Å². The van der Waals surface area contributed by atoms with Gasteiger partial charge >= 0.3 is 0 Å². The van der Waals surface area contributed by atoms with Gasteiger partial charge in [0.05, 0.1) is 31.4 Å². The lowest BCUT2D eigenvalue weighted by molar-refractivity contribution is -0.136. The Kier molecular flexibility index (Phi) is 9.43. The maximum atomic E-state index is 13.4. The standard InChI is InChI=1S/C25H33FN2O4S/c1-4-11-27(14-20(29)16-31-18(2)3)15-25(30)28-12-9-24-22(10-13-33-24)23(28)17-32-21-7-5-19(26)6-8-21/h4-8,10,13,18,20,23,29H,1,9,11-12,14-17H2,2-3H3/t20-,23-/m1/s1. The van der Waals surface area contributed by atoms with Gasteiger partial charge in [-0.3, -0.25) is 9.69 Å². The van der Waals surface area contributed by atoms with Gasteiger partial charge in [-0.25, -0.2) is 4.39 Å². The molecule has 0 aliphatic carbocycles. The fraction of sp³-hybridized carbons (Fsp3) is 0.480. The van der Waals surface area contributed by atoms with Crippen molar-refractivity contribution in [2.45, 2.75) is 38.5 Å². The van der Waals surface area contributed by atoms with Gasteiger partial charge in [-0.15, -0.1) is 17.9 Å². The summed E-state index contributed by atoms with van der Waals surface area (Å²) in [7, 11) is 0. The highest BCUT2D eigenvalue weighted by molar-refractivity contribution is 7.10. The van der Waals surface area contributed by atoms with Gasteiger partial charge in [0, 0.05) is 24.5 Å². The zero-order valence-corrected chi connectivity index (χ0v) is 20.1. The van der Waals surface area contributed by atoms with E-state index in [4.69, 9.17) is 9.47 Å². The molecule has 0 spiro atoms. The molecule has 6 nitrogen and oxygen atoms in total. The summed E-state index contributed by atoms with van der Waals surface area (Å²) in [5.74, 6) is 0.214. The number of aliphatic hydroxyl groups is 1. The van der Waals surface area contributed by atoms with Crippen LogP contribution in [0.3, 0.4) is 0 Å². The third-order valence-corrected chi connectivity index (χ3v) is 6.47. The summed E-state index contributed by atoms with van der Waals surface area (Å²) in [4.78, 5) is 18.4. The van der Waals surface area contributed by atoms with Crippen molar-refractivity contribution >= 4 is 17.2 Å². The van der Waals surface area contributed by atoms with Crippen molar-refractivity contribution in [3.05, 3.63) is 64.6 Å². The van der Waals surface area contributed by atoms with Crippen molar-refractivity contribution in [1.29, 1.82) is 0 Å². The Morgan fingerprint density at radius 1 is 1.36 bits per heavy atom. The van der Waals surface area contributed by atoms with Gasteiger partial charge in [0.1, 0.15) is 18.2 Å². The normalized spacial score (nSPS) is 16.7. The van der Waals surface area contributed by atoms with Gasteiger partial charge in [0.15, 0.2) is 0 Å². The van der Waals surface area contributed by atoms with E-state index in [1.165, 1.54) is 17.0 Å². The Hall–Kier alpha value is -2.26. The highest BCUT2D eigenvalue weighted by Gasteiger charge is 2.33. The number of carbonyl (C=O) groups is 1. The molecular weight excluding hydrogens is 443 g/mol. The fourth-order valence-corrected chi connectivity index (χ4v) is 4.83. The molecule has 2 heterocycles. The molecule has 0 saturated heterocycles. The molecular formula is C25H33FN2O4S. The van der Waals surface area contributed by atoms with E-state index in [1.54, 1.807) is 29.5 Å². The average Bonchev–Trinajstić information content (AvgIpc) is 3.26. The molecule has 0 unspecified atom stereocenters. The lowest BCUT2D eigenvalue weighted by atomic mass is 10.0. The lowest BCUT2D eigenvalue weighted by Gasteiger charge is -2.37. The number of hydrogen-bond donors (Lipinski definition) is 1. The van der Waals surface area contributed by atoms with E-state index in [1.807, 2.05) is 35.1 Å². The number of ether oxygens (including phenoxy) is 2. The molecule has 0 saturated carbocycles. The molecule has 1 aromatic heterocycles. The molecule has 1 aliphatic heterocycles. The van der Waals surface area contributed by atoms with Crippen molar-refractivity contribution in [2.75, 3.05) is 39.4 Å². The minimum absolute atomic E-state index is 0.0293. The van der Waals surface area contributed by atoms with Crippen molar-refractivity contribution in [2.24, 2.45) is 0 Å². The molecule has 2 aromatic rings. The van der Waals surface area contributed by atoms with Crippen LogP contribution in [0.4, 0.5) is 4.39 Å². The second-order valence-electron chi connectivity index (χ2n) is 8.44. The van der Waals surface area contributed by atoms with Crippen LogP contribution in [-0.4, -0.2) is 72.4 Å². The number of carbonyl (C=O) groups excluding carboxylic acids is 1. The number of aliphatic hydroxyl groups excluding tert-OH is 1. The zero-order valence-electron chi connectivity index (χ0n) is 19.3. The summed E-state index contributed by atoms with van der Waals surface area (Å²) >= 11 is 1.69. The molecule has 180 valence electrons. The van der Waals surface area contributed by atoms with E-state index in [0.717, 1.165) is 12.0 Å². The molecule has 1 N–H and O–H groups in total. The van der Waals surface area contributed by atoms with E-state index in [2.05, 4.69) is 6.58 Å². The second kappa shape index (κ2) is 12.3. The van der Waals surface area contributed by atoms with Crippen LogP contribution in [0.5, 0.6) is 5.75 Å². The van der Waals surface area contributed by atoms with Gasteiger partial charge in [-0.05, 0) is 61.5 Å². The predicted molar refractivity (Wildman–Crippen MR) is 128 cm³/mol. The molecule has 0 radical (unpaired) electrons. The molecule has 0 fully saturated rings. The van der Waals surface area contributed by atoms with E-state index >= 15 is 0 Å². The number of nitrogens with zero attached hydrogens (tertiary/aromatic N) is 2. The van der Waals surface area contributed by atoms with Gasteiger partial charge < -0.3 is 19.5 Å². The van der Waals surface area contributed by atoms with Crippen LogP contribution in [-0.2, 0) is 16.0 Å². The Bertz CT molecular complexity index is 902. The van der Waals surface area contributed by atoms with Crippen LogP contribution >= 0.6 is 11.3 Å². The molecule has 3 rings (SSSR count). The number of hydrogen-bond acceptors (Lipinski definition) is 6. The first-order valence-electron chi connectivity index (χ1n) is 11.2. The van der Waals surface area contributed by atoms with E-state index in [0.29, 0.717) is 25.4 Å². The van der Waals surface area contributed by atoms with E-state index < -0.39 is 6.10 Å². The van der Waals surface area contributed by atoms with Crippen molar-refractivity contribution in [3.8, 4) is 5.75 Å². The third-order valence-electron chi connectivity index (χ3n) is 5.47. The van der Waals surface area contributed by atoms with Crippen molar-refractivity contribution in [3.63, 3.8) is 0 Å². The molecule has 0 bridgehead atoms. The first kappa shape index (κ1) is 25.4. The van der Waals surface area contributed by atoms with Crippen LogP contribution in [0.15, 0.2) is 48.4 Å².